The highest BCUT2D eigenvalue weighted by Gasteiger charge is 2.26. The standard InChI is InChI=1S/C10H22N2O2S.ClH/c1-3-8-15(13,14)12-6-4-10(5-7-12)9-11-2;/h10-11H,3-9H2,1-2H3;1H. The maximum atomic E-state index is 11.8. The third-order valence-corrected chi connectivity index (χ3v) is 5.00. The maximum absolute atomic E-state index is 11.8. The van der Waals surface area contributed by atoms with E-state index in [2.05, 4.69) is 5.32 Å². The summed E-state index contributed by atoms with van der Waals surface area (Å²) in [5.41, 5.74) is 0. The number of sulfonamides is 1. The van der Waals surface area contributed by atoms with Gasteiger partial charge < -0.3 is 5.32 Å². The minimum Gasteiger partial charge on any atom is -0.319 e. The molecule has 0 unspecified atom stereocenters. The van der Waals surface area contributed by atoms with Gasteiger partial charge in [-0.1, -0.05) is 6.92 Å². The molecule has 1 N–H and O–H groups in total. The predicted molar refractivity (Wildman–Crippen MR) is 69.5 cm³/mol. The molecule has 0 amide bonds. The molecule has 0 aromatic carbocycles. The van der Waals surface area contributed by atoms with Gasteiger partial charge in [-0.15, -0.1) is 12.4 Å². The lowest BCUT2D eigenvalue weighted by molar-refractivity contribution is 0.270. The first-order valence-corrected chi connectivity index (χ1v) is 7.33. The van der Waals surface area contributed by atoms with Gasteiger partial charge in [0.1, 0.15) is 0 Å². The molecule has 1 fully saturated rings. The van der Waals surface area contributed by atoms with Crippen LogP contribution in [0.25, 0.3) is 0 Å². The first-order valence-electron chi connectivity index (χ1n) is 5.72. The van der Waals surface area contributed by atoms with Crippen LogP contribution in [0.3, 0.4) is 0 Å². The van der Waals surface area contributed by atoms with Crippen molar-refractivity contribution in [2.75, 3.05) is 32.4 Å². The van der Waals surface area contributed by atoms with Crippen LogP contribution in [0.5, 0.6) is 0 Å². The minimum atomic E-state index is -2.96. The number of hydrogen-bond acceptors (Lipinski definition) is 3. The summed E-state index contributed by atoms with van der Waals surface area (Å²) in [6, 6.07) is 0. The Kier molecular flexibility index (Phi) is 7.55. The van der Waals surface area contributed by atoms with E-state index in [1.165, 1.54) is 0 Å². The second kappa shape index (κ2) is 7.48. The molecule has 0 bridgehead atoms. The number of piperidine rings is 1. The molecule has 1 aliphatic rings. The largest absolute Gasteiger partial charge is 0.319 e. The summed E-state index contributed by atoms with van der Waals surface area (Å²) in [7, 11) is -1.01. The van der Waals surface area contributed by atoms with Crippen molar-refractivity contribution < 1.29 is 8.42 Å². The Labute approximate surface area is 105 Å². The summed E-state index contributed by atoms with van der Waals surface area (Å²) in [5, 5.41) is 3.15. The number of rotatable bonds is 5. The van der Waals surface area contributed by atoms with E-state index < -0.39 is 10.0 Å². The second-order valence-electron chi connectivity index (χ2n) is 4.22. The van der Waals surface area contributed by atoms with Crippen molar-refractivity contribution in [3.63, 3.8) is 0 Å². The smallest absolute Gasteiger partial charge is 0.214 e. The fourth-order valence-corrected chi connectivity index (χ4v) is 3.61. The Morgan fingerprint density at radius 1 is 1.31 bits per heavy atom. The lowest BCUT2D eigenvalue weighted by Gasteiger charge is -2.31. The van der Waals surface area contributed by atoms with E-state index in [4.69, 9.17) is 0 Å². The summed E-state index contributed by atoms with van der Waals surface area (Å²) < 4.78 is 25.2. The molecule has 1 rings (SSSR count). The van der Waals surface area contributed by atoms with Crippen molar-refractivity contribution in [2.45, 2.75) is 26.2 Å². The van der Waals surface area contributed by atoms with Crippen LogP contribution in [-0.4, -0.2) is 45.2 Å². The highest BCUT2D eigenvalue weighted by molar-refractivity contribution is 7.89. The van der Waals surface area contributed by atoms with Crippen LogP contribution in [0.4, 0.5) is 0 Å². The van der Waals surface area contributed by atoms with E-state index >= 15 is 0 Å². The van der Waals surface area contributed by atoms with Gasteiger partial charge in [0.25, 0.3) is 0 Å². The molecular weight excluding hydrogens is 248 g/mol. The molecule has 6 heteroatoms. The first-order chi connectivity index (χ1) is 7.10. The Hall–Kier alpha value is 0.160. The summed E-state index contributed by atoms with van der Waals surface area (Å²) in [6.45, 7) is 4.32. The fraction of sp³-hybridized carbons (Fsp3) is 1.00. The number of nitrogens with one attached hydrogen (secondary N) is 1. The van der Waals surface area contributed by atoms with Gasteiger partial charge >= 0.3 is 0 Å². The molecule has 98 valence electrons. The molecular formula is C10H23ClN2O2S. The van der Waals surface area contributed by atoms with Crippen molar-refractivity contribution in [1.82, 2.24) is 9.62 Å². The molecule has 0 atom stereocenters. The molecule has 0 aromatic heterocycles. The lowest BCUT2D eigenvalue weighted by atomic mass is 9.98. The van der Waals surface area contributed by atoms with Crippen LogP contribution in [0.2, 0.25) is 0 Å². The van der Waals surface area contributed by atoms with Gasteiger partial charge in [-0.2, -0.15) is 0 Å². The van der Waals surface area contributed by atoms with Crippen molar-refractivity contribution in [3.05, 3.63) is 0 Å². The minimum absolute atomic E-state index is 0. The second-order valence-corrected chi connectivity index (χ2v) is 6.30. The molecule has 1 heterocycles. The topological polar surface area (TPSA) is 49.4 Å². The molecule has 0 aromatic rings. The number of hydrogen-bond donors (Lipinski definition) is 1. The molecule has 0 spiro atoms. The summed E-state index contributed by atoms with van der Waals surface area (Å²) in [5.74, 6) is 0.937. The molecule has 1 saturated heterocycles. The monoisotopic (exact) mass is 270 g/mol. The van der Waals surface area contributed by atoms with Crippen LogP contribution in [0.1, 0.15) is 26.2 Å². The SMILES string of the molecule is CCCS(=O)(=O)N1CCC(CNC)CC1.Cl. The van der Waals surface area contributed by atoms with Gasteiger partial charge in [0.15, 0.2) is 0 Å². The zero-order chi connectivity index (χ0) is 11.3. The number of halogens is 1. The molecule has 0 radical (unpaired) electrons. The van der Waals surface area contributed by atoms with Crippen LogP contribution >= 0.6 is 12.4 Å². The van der Waals surface area contributed by atoms with Gasteiger partial charge in [0.05, 0.1) is 5.75 Å². The van der Waals surface area contributed by atoms with Gasteiger partial charge in [-0.3, -0.25) is 0 Å². The quantitative estimate of drug-likeness (QED) is 0.813. The zero-order valence-corrected chi connectivity index (χ0v) is 11.7. The summed E-state index contributed by atoms with van der Waals surface area (Å²) in [6.07, 6.45) is 2.69. The van der Waals surface area contributed by atoms with E-state index in [0.29, 0.717) is 31.2 Å². The maximum Gasteiger partial charge on any atom is 0.214 e. The third kappa shape index (κ3) is 4.57. The molecule has 4 nitrogen and oxygen atoms in total. The van der Waals surface area contributed by atoms with E-state index in [1.54, 1.807) is 4.31 Å². The highest BCUT2D eigenvalue weighted by Crippen LogP contribution is 2.19. The van der Waals surface area contributed by atoms with Crippen LogP contribution < -0.4 is 5.32 Å². The molecule has 1 aliphatic heterocycles. The Balaban J connectivity index is 0.00000225. The Morgan fingerprint density at radius 3 is 2.31 bits per heavy atom. The predicted octanol–water partition coefficient (Wildman–Crippen LogP) is 1.08. The lowest BCUT2D eigenvalue weighted by Crippen LogP contribution is -2.41. The van der Waals surface area contributed by atoms with E-state index in [0.717, 1.165) is 19.4 Å². The third-order valence-electron chi connectivity index (χ3n) is 2.92. The van der Waals surface area contributed by atoms with E-state index in [1.807, 2.05) is 14.0 Å². The van der Waals surface area contributed by atoms with Crippen molar-refractivity contribution in [1.29, 1.82) is 0 Å². The van der Waals surface area contributed by atoms with Crippen molar-refractivity contribution in [3.8, 4) is 0 Å². The van der Waals surface area contributed by atoms with Crippen molar-refractivity contribution >= 4 is 22.4 Å². The molecule has 0 saturated carbocycles. The van der Waals surface area contributed by atoms with Crippen LogP contribution in [0.15, 0.2) is 0 Å². The molecule has 16 heavy (non-hydrogen) atoms. The first kappa shape index (κ1) is 16.2. The normalized spacial score (nSPS) is 19.4. The van der Waals surface area contributed by atoms with Gasteiger partial charge in [0.2, 0.25) is 10.0 Å². The summed E-state index contributed by atoms with van der Waals surface area (Å²) in [4.78, 5) is 0. The Morgan fingerprint density at radius 2 is 1.88 bits per heavy atom. The summed E-state index contributed by atoms with van der Waals surface area (Å²) >= 11 is 0. The van der Waals surface area contributed by atoms with Crippen LogP contribution in [0, 0.1) is 5.92 Å². The van der Waals surface area contributed by atoms with Crippen LogP contribution in [-0.2, 0) is 10.0 Å². The highest BCUT2D eigenvalue weighted by atomic mass is 35.5. The average Bonchev–Trinajstić information content (AvgIpc) is 2.19. The fourth-order valence-electron chi connectivity index (χ4n) is 2.07. The molecule has 0 aliphatic carbocycles. The average molecular weight is 271 g/mol. The van der Waals surface area contributed by atoms with Crippen molar-refractivity contribution in [2.24, 2.45) is 5.92 Å². The van der Waals surface area contributed by atoms with E-state index in [9.17, 15) is 8.42 Å². The van der Waals surface area contributed by atoms with Gasteiger partial charge in [-0.05, 0) is 38.8 Å². The number of nitrogens with zero attached hydrogens (tertiary/aromatic N) is 1. The van der Waals surface area contributed by atoms with Gasteiger partial charge in [0, 0.05) is 13.1 Å². The Bertz CT molecular complexity index is 275. The van der Waals surface area contributed by atoms with E-state index in [-0.39, 0.29) is 12.4 Å². The zero-order valence-electron chi connectivity index (χ0n) is 10.1. The van der Waals surface area contributed by atoms with Gasteiger partial charge in [-0.25, -0.2) is 12.7 Å².